The molecule has 4 N–H and O–H groups in total. The minimum atomic E-state index is 0.103. The van der Waals surface area contributed by atoms with Crippen molar-refractivity contribution in [2.45, 2.75) is 32.9 Å². The summed E-state index contributed by atoms with van der Waals surface area (Å²) in [5.41, 5.74) is 2.41. The van der Waals surface area contributed by atoms with Gasteiger partial charge in [-0.2, -0.15) is 15.0 Å². The van der Waals surface area contributed by atoms with Crippen molar-refractivity contribution in [3.05, 3.63) is 18.7 Å². The van der Waals surface area contributed by atoms with E-state index in [1.54, 1.807) is 12.5 Å². The summed E-state index contributed by atoms with van der Waals surface area (Å²) < 4.78 is 7.38. The van der Waals surface area contributed by atoms with Crippen LogP contribution >= 0.6 is 0 Å². The smallest absolute Gasteiger partial charge is 0.323 e. The largest absolute Gasteiger partial charge is 0.463 e. The molecule has 9 nitrogen and oxygen atoms in total. The van der Waals surface area contributed by atoms with Crippen LogP contribution in [0, 0.1) is 0 Å². The van der Waals surface area contributed by atoms with Gasteiger partial charge in [0.25, 0.3) is 0 Å². The number of aromatic nitrogens is 5. The van der Waals surface area contributed by atoms with Crippen molar-refractivity contribution in [2.24, 2.45) is 5.84 Å². The highest BCUT2D eigenvalue weighted by atomic mass is 16.5. The van der Waals surface area contributed by atoms with Crippen LogP contribution in [0.1, 0.15) is 20.3 Å². The highest BCUT2D eigenvalue weighted by Gasteiger charge is 2.10. The van der Waals surface area contributed by atoms with Gasteiger partial charge < -0.3 is 14.6 Å². The zero-order chi connectivity index (χ0) is 15.1. The maximum absolute atomic E-state index is 5.41. The summed E-state index contributed by atoms with van der Waals surface area (Å²) in [7, 11) is 0. The van der Waals surface area contributed by atoms with Gasteiger partial charge in [0, 0.05) is 25.0 Å². The SMILES string of the molecule is CCCOc1nc(NN)nc(NC(C)Cn2ccnc2)n1. The van der Waals surface area contributed by atoms with E-state index >= 15 is 0 Å². The monoisotopic (exact) mass is 292 g/mol. The molecule has 1 unspecified atom stereocenters. The molecule has 1 atom stereocenters. The van der Waals surface area contributed by atoms with E-state index in [0.29, 0.717) is 12.6 Å². The van der Waals surface area contributed by atoms with Crippen molar-refractivity contribution in [3.8, 4) is 6.01 Å². The third-order valence-electron chi connectivity index (χ3n) is 2.60. The molecule has 0 amide bonds. The minimum absolute atomic E-state index is 0.103. The molecule has 2 aromatic rings. The maximum Gasteiger partial charge on any atom is 0.323 e. The lowest BCUT2D eigenvalue weighted by molar-refractivity contribution is 0.292. The standard InChI is InChI=1S/C12H20N8O/c1-3-6-21-12-17-10(16-11(18-12)19-13)15-9(2)7-20-5-4-14-8-20/h4-5,8-9H,3,6-7,13H2,1-2H3,(H2,15,16,17,18,19). The minimum Gasteiger partial charge on any atom is -0.463 e. The Morgan fingerprint density at radius 2 is 2.14 bits per heavy atom. The van der Waals surface area contributed by atoms with Crippen LogP contribution < -0.4 is 21.3 Å². The third-order valence-corrected chi connectivity index (χ3v) is 2.60. The first-order chi connectivity index (χ1) is 10.2. The number of nitrogens with two attached hydrogens (primary N) is 1. The molecule has 2 heterocycles. The molecule has 0 aliphatic carbocycles. The Labute approximate surface area is 122 Å². The van der Waals surface area contributed by atoms with Gasteiger partial charge in [0.15, 0.2) is 0 Å². The van der Waals surface area contributed by atoms with E-state index in [1.165, 1.54) is 0 Å². The Bertz CT molecular complexity index is 544. The van der Waals surface area contributed by atoms with E-state index in [1.807, 2.05) is 24.6 Å². The quantitative estimate of drug-likeness (QED) is 0.479. The fourth-order valence-corrected chi connectivity index (χ4v) is 1.72. The summed E-state index contributed by atoms with van der Waals surface area (Å²) >= 11 is 0. The summed E-state index contributed by atoms with van der Waals surface area (Å²) in [6.07, 6.45) is 6.27. The molecule has 9 heteroatoms. The molecular weight excluding hydrogens is 272 g/mol. The second-order valence-corrected chi connectivity index (χ2v) is 4.56. The summed E-state index contributed by atoms with van der Waals surface area (Å²) in [5.74, 6) is 6.03. The van der Waals surface area contributed by atoms with Gasteiger partial charge >= 0.3 is 6.01 Å². The zero-order valence-corrected chi connectivity index (χ0v) is 12.2. The molecule has 0 bridgehead atoms. The predicted octanol–water partition coefficient (Wildman–Crippen LogP) is 0.643. The van der Waals surface area contributed by atoms with Crippen LogP contribution in [0.3, 0.4) is 0 Å². The molecule has 0 fully saturated rings. The molecule has 0 saturated carbocycles. The Balaban J connectivity index is 2.03. The van der Waals surface area contributed by atoms with Crippen molar-refractivity contribution in [1.82, 2.24) is 24.5 Å². The van der Waals surface area contributed by atoms with Crippen LogP contribution in [0.25, 0.3) is 0 Å². The first-order valence-corrected chi connectivity index (χ1v) is 6.79. The zero-order valence-electron chi connectivity index (χ0n) is 12.2. The molecule has 0 aliphatic heterocycles. The second kappa shape index (κ2) is 7.39. The van der Waals surface area contributed by atoms with Crippen LogP contribution in [0.5, 0.6) is 6.01 Å². The van der Waals surface area contributed by atoms with Gasteiger partial charge in [0.2, 0.25) is 11.9 Å². The lowest BCUT2D eigenvalue weighted by atomic mass is 10.3. The molecule has 0 radical (unpaired) electrons. The van der Waals surface area contributed by atoms with E-state index in [0.717, 1.165) is 13.0 Å². The molecule has 21 heavy (non-hydrogen) atoms. The first kappa shape index (κ1) is 15.0. The number of nitrogens with one attached hydrogen (secondary N) is 2. The fraction of sp³-hybridized carbons (Fsp3) is 0.500. The van der Waals surface area contributed by atoms with Crippen LogP contribution in [-0.4, -0.2) is 37.2 Å². The van der Waals surface area contributed by atoms with Crippen molar-refractivity contribution < 1.29 is 4.74 Å². The normalized spacial score (nSPS) is 12.0. The number of hydrogen-bond donors (Lipinski definition) is 3. The summed E-state index contributed by atoms with van der Waals surface area (Å²) in [6, 6.07) is 0.350. The third kappa shape index (κ3) is 4.56. The highest BCUT2D eigenvalue weighted by Crippen LogP contribution is 2.12. The number of anilines is 2. The predicted molar refractivity (Wildman–Crippen MR) is 78.7 cm³/mol. The molecule has 2 rings (SSSR count). The van der Waals surface area contributed by atoms with Gasteiger partial charge in [-0.05, 0) is 13.3 Å². The number of rotatable bonds is 8. The number of nitrogen functional groups attached to an aromatic ring is 1. The van der Waals surface area contributed by atoms with E-state index in [2.05, 4.69) is 30.7 Å². The molecule has 0 aromatic carbocycles. The van der Waals surface area contributed by atoms with Crippen molar-refractivity contribution in [2.75, 3.05) is 17.3 Å². The average Bonchev–Trinajstić information content (AvgIpc) is 2.97. The molecular formula is C12H20N8O. The van der Waals surface area contributed by atoms with Gasteiger partial charge in [-0.25, -0.2) is 10.8 Å². The van der Waals surface area contributed by atoms with Crippen LogP contribution in [0.2, 0.25) is 0 Å². The topological polar surface area (TPSA) is 116 Å². The summed E-state index contributed by atoms with van der Waals surface area (Å²) in [5, 5.41) is 3.19. The Morgan fingerprint density at radius 1 is 1.33 bits per heavy atom. The van der Waals surface area contributed by atoms with E-state index in [9.17, 15) is 0 Å². The highest BCUT2D eigenvalue weighted by molar-refractivity contribution is 5.35. The molecule has 114 valence electrons. The number of imidazole rings is 1. The second-order valence-electron chi connectivity index (χ2n) is 4.56. The number of nitrogens with zero attached hydrogens (tertiary/aromatic N) is 5. The van der Waals surface area contributed by atoms with E-state index < -0.39 is 0 Å². The van der Waals surface area contributed by atoms with Gasteiger partial charge in [-0.3, -0.25) is 5.43 Å². The number of hydrazine groups is 1. The fourth-order valence-electron chi connectivity index (χ4n) is 1.72. The van der Waals surface area contributed by atoms with Crippen molar-refractivity contribution in [3.63, 3.8) is 0 Å². The molecule has 2 aromatic heterocycles. The van der Waals surface area contributed by atoms with Gasteiger partial charge in [-0.1, -0.05) is 6.92 Å². The number of ether oxygens (including phenoxy) is 1. The summed E-state index contributed by atoms with van der Waals surface area (Å²) in [4.78, 5) is 16.4. The average molecular weight is 292 g/mol. The van der Waals surface area contributed by atoms with Crippen LogP contribution in [-0.2, 0) is 6.54 Å². The van der Waals surface area contributed by atoms with Gasteiger partial charge in [0.1, 0.15) is 0 Å². The van der Waals surface area contributed by atoms with E-state index in [-0.39, 0.29) is 18.0 Å². The molecule has 0 spiro atoms. The van der Waals surface area contributed by atoms with E-state index in [4.69, 9.17) is 10.6 Å². The van der Waals surface area contributed by atoms with Gasteiger partial charge in [0.05, 0.1) is 12.9 Å². The lowest BCUT2D eigenvalue weighted by Gasteiger charge is -2.15. The van der Waals surface area contributed by atoms with Crippen LogP contribution in [0.4, 0.5) is 11.9 Å². The Morgan fingerprint density at radius 3 is 2.81 bits per heavy atom. The van der Waals surface area contributed by atoms with Gasteiger partial charge in [-0.15, -0.1) is 0 Å². The van der Waals surface area contributed by atoms with Crippen molar-refractivity contribution in [1.29, 1.82) is 0 Å². The molecule has 0 aliphatic rings. The Hall–Kier alpha value is -2.42. The maximum atomic E-state index is 5.41. The first-order valence-electron chi connectivity index (χ1n) is 6.79. The lowest BCUT2D eigenvalue weighted by Crippen LogP contribution is -2.23. The Kier molecular flexibility index (Phi) is 5.27. The van der Waals surface area contributed by atoms with Crippen LogP contribution in [0.15, 0.2) is 18.7 Å². The van der Waals surface area contributed by atoms with Crippen molar-refractivity contribution >= 4 is 11.9 Å². The molecule has 0 saturated heterocycles. The number of hydrogen-bond acceptors (Lipinski definition) is 8. The summed E-state index contributed by atoms with van der Waals surface area (Å²) in [6.45, 7) is 5.31.